The molecule has 3 aromatic rings. The van der Waals surface area contributed by atoms with Crippen LogP contribution in [-0.2, 0) is 20.9 Å². The van der Waals surface area contributed by atoms with Gasteiger partial charge in [0.15, 0.2) is 5.82 Å². The maximum absolute atomic E-state index is 13.4. The number of benzene rings is 2. The fourth-order valence-electron chi connectivity index (χ4n) is 2.81. The Bertz CT molecular complexity index is 1150. The van der Waals surface area contributed by atoms with E-state index in [4.69, 9.17) is 4.74 Å². The van der Waals surface area contributed by atoms with Gasteiger partial charge >= 0.3 is 5.97 Å². The first-order chi connectivity index (χ1) is 14.9. The lowest BCUT2D eigenvalue weighted by molar-refractivity contribution is -0.145. The summed E-state index contributed by atoms with van der Waals surface area (Å²) in [6.07, 6.45) is -0.382. The molecule has 0 aliphatic carbocycles. The molecule has 0 bridgehead atoms. The molecule has 0 aliphatic heterocycles. The molecule has 0 saturated heterocycles. The maximum atomic E-state index is 13.4. The predicted molar refractivity (Wildman–Crippen MR) is 114 cm³/mol. The molecule has 0 radical (unpaired) electrons. The molecule has 160 valence electrons. The van der Waals surface area contributed by atoms with Crippen LogP contribution >= 0.6 is 0 Å². The van der Waals surface area contributed by atoms with Gasteiger partial charge in [0.25, 0.3) is 5.56 Å². The van der Waals surface area contributed by atoms with Crippen LogP contribution in [0.2, 0.25) is 0 Å². The number of amides is 1. The van der Waals surface area contributed by atoms with Crippen LogP contribution in [0.25, 0.3) is 0 Å². The van der Waals surface area contributed by atoms with E-state index in [0.717, 1.165) is 0 Å². The number of nitrogens with one attached hydrogen (secondary N) is 2. The van der Waals surface area contributed by atoms with Crippen LogP contribution in [-0.4, -0.2) is 28.3 Å². The summed E-state index contributed by atoms with van der Waals surface area (Å²) in [6.45, 7) is 2.02. The lowest BCUT2D eigenvalue weighted by Crippen LogP contribution is -2.23. The van der Waals surface area contributed by atoms with Crippen molar-refractivity contribution in [2.24, 2.45) is 0 Å². The lowest BCUT2D eigenvalue weighted by atomic mass is 10.2. The number of nitrogens with zero attached hydrogens (tertiary/aromatic N) is 2. The molecule has 2 aromatic carbocycles. The second-order valence-corrected chi connectivity index (χ2v) is 6.58. The average Bonchev–Trinajstić information content (AvgIpc) is 2.71. The number of halogens is 1. The van der Waals surface area contributed by atoms with E-state index in [1.807, 2.05) is 0 Å². The third-order valence-electron chi connectivity index (χ3n) is 4.12. The Kier molecular flexibility index (Phi) is 7.10. The summed E-state index contributed by atoms with van der Waals surface area (Å²) in [5, 5.41) is 9.84. The predicted octanol–water partition coefficient (Wildman–Crippen LogP) is 3.07. The van der Waals surface area contributed by atoms with E-state index in [1.165, 1.54) is 28.9 Å². The molecule has 3 rings (SSSR count). The molecular formula is C22H21FN4O4. The Morgan fingerprint density at radius 2 is 1.84 bits per heavy atom. The molecule has 31 heavy (non-hydrogen) atoms. The van der Waals surface area contributed by atoms with Crippen molar-refractivity contribution in [1.82, 2.24) is 9.78 Å². The minimum Gasteiger partial charge on any atom is -0.466 e. The number of ether oxygens (including phenoxy) is 1. The number of anilines is 3. The standard InChI is InChI=1S/C22H21FN4O4/c1-2-31-22(30)13-20(28)25-17-7-3-5-15(11-17)14-27-21(29)10-9-19(26-27)24-18-8-4-6-16(23)12-18/h3-12H,2,13-14H2,1H3,(H,24,26)(H,25,28). The Hall–Kier alpha value is -4.01. The normalized spacial score (nSPS) is 10.4. The maximum Gasteiger partial charge on any atom is 0.315 e. The van der Waals surface area contributed by atoms with Crippen LogP contribution < -0.4 is 16.2 Å². The Labute approximate surface area is 177 Å². The first-order valence-corrected chi connectivity index (χ1v) is 9.58. The van der Waals surface area contributed by atoms with E-state index < -0.39 is 11.9 Å². The summed E-state index contributed by atoms with van der Waals surface area (Å²) in [6, 6.07) is 15.6. The Morgan fingerprint density at radius 1 is 1.06 bits per heavy atom. The minimum absolute atomic E-state index is 0.152. The topological polar surface area (TPSA) is 102 Å². The van der Waals surface area contributed by atoms with Crippen LogP contribution in [0, 0.1) is 5.82 Å². The molecular weight excluding hydrogens is 403 g/mol. The van der Waals surface area contributed by atoms with Crippen LogP contribution in [0.3, 0.4) is 0 Å². The first-order valence-electron chi connectivity index (χ1n) is 9.58. The molecule has 8 nitrogen and oxygen atoms in total. The zero-order valence-electron chi connectivity index (χ0n) is 16.8. The van der Waals surface area contributed by atoms with E-state index >= 15 is 0 Å². The summed E-state index contributed by atoms with van der Waals surface area (Å²) < 4.78 is 19.4. The number of rotatable bonds is 8. The fourth-order valence-corrected chi connectivity index (χ4v) is 2.81. The van der Waals surface area contributed by atoms with Crippen molar-refractivity contribution < 1.29 is 18.7 Å². The molecule has 0 fully saturated rings. The zero-order chi connectivity index (χ0) is 22.2. The third-order valence-corrected chi connectivity index (χ3v) is 4.12. The van der Waals surface area contributed by atoms with E-state index in [0.29, 0.717) is 22.8 Å². The van der Waals surface area contributed by atoms with Gasteiger partial charge in [-0.2, -0.15) is 5.10 Å². The zero-order valence-corrected chi connectivity index (χ0v) is 16.8. The van der Waals surface area contributed by atoms with Crippen molar-refractivity contribution in [3.63, 3.8) is 0 Å². The molecule has 0 spiro atoms. The monoisotopic (exact) mass is 424 g/mol. The molecule has 2 N–H and O–H groups in total. The van der Waals surface area contributed by atoms with E-state index in [-0.39, 0.29) is 30.9 Å². The number of carbonyl (C=O) groups is 2. The van der Waals surface area contributed by atoms with Gasteiger partial charge in [0.1, 0.15) is 12.2 Å². The minimum atomic E-state index is -0.602. The molecule has 0 saturated carbocycles. The molecule has 0 unspecified atom stereocenters. The number of hydrogen-bond acceptors (Lipinski definition) is 6. The number of aromatic nitrogens is 2. The van der Waals surface area contributed by atoms with Gasteiger partial charge in [-0.05, 0) is 48.9 Å². The number of hydrogen-bond donors (Lipinski definition) is 2. The largest absolute Gasteiger partial charge is 0.466 e. The summed E-state index contributed by atoms with van der Waals surface area (Å²) >= 11 is 0. The van der Waals surface area contributed by atoms with Crippen molar-refractivity contribution in [3.05, 3.63) is 82.4 Å². The van der Waals surface area contributed by atoms with Gasteiger partial charge in [0, 0.05) is 17.4 Å². The number of esters is 1. The van der Waals surface area contributed by atoms with E-state index in [2.05, 4.69) is 15.7 Å². The van der Waals surface area contributed by atoms with Gasteiger partial charge in [0.05, 0.1) is 13.2 Å². The van der Waals surface area contributed by atoms with Crippen LogP contribution in [0.1, 0.15) is 18.9 Å². The molecule has 1 heterocycles. The third kappa shape index (κ3) is 6.49. The fraction of sp³-hybridized carbons (Fsp3) is 0.182. The highest BCUT2D eigenvalue weighted by molar-refractivity contribution is 6.01. The van der Waals surface area contributed by atoms with Gasteiger partial charge in [-0.15, -0.1) is 0 Å². The summed E-state index contributed by atoms with van der Waals surface area (Å²) in [4.78, 5) is 35.6. The van der Waals surface area contributed by atoms with Crippen molar-refractivity contribution >= 4 is 29.1 Å². The average molecular weight is 424 g/mol. The number of carbonyl (C=O) groups excluding carboxylic acids is 2. The van der Waals surface area contributed by atoms with Crippen LogP contribution in [0.15, 0.2) is 65.5 Å². The van der Waals surface area contributed by atoms with E-state index in [9.17, 15) is 18.8 Å². The van der Waals surface area contributed by atoms with Crippen molar-refractivity contribution in [1.29, 1.82) is 0 Å². The molecule has 1 amide bonds. The summed E-state index contributed by atoms with van der Waals surface area (Å²) in [7, 11) is 0. The van der Waals surface area contributed by atoms with Gasteiger partial charge in [-0.3, -0.25) is 14.4 Å². The highest BCUT2D eigenvalue weighted by Gasteiger charge is 2.11. The quantitative estimate of drug-likeness (QED) is 0.426. The molecule has 9 heteroatoms. The van der Waals surface area contributed by atoms with E-state index in [1.54, 1.807) is 43.3 Å². The highest BCUT2D eigenvalue weighted by atomic mass is 19.1. The smallest absolute Gasteiger partial charge is 0.315 e. The summed E-state index contributed by atoms with van der Waals surface area (Å²) in [5.41, 5.74) is 1.38. The van der Waals surface area contributed by atoms with Crippen LogP contribution in [0.5, 0.6) is 0 Å². The van der Waals surface area contributed by atoms with Crippen molar-refractivity contribution in [2.75, 3.05) is 17.2 Å². The second-order valence-electron chi connectivity index (χ2n) is 6.58. The van der Waals surface area contributed by atoms with Crippen molar-refractivity contribution in [2.45, 2.75) is 19.9 Å². The Morgan fingerprint density at radius 3 is 2.61 bits per heavy atom. The molecule has 0 atom stereocenters. The van der Waals surface area contributed by atoms with Crippen molar-refractivity contribution in [3.8, 4) is 0 Å². The van der Waals surface area contributed by atoms with Gasteiger partial charge in [-0.25, -0.2) is 9.07 Å². The SMILES string of the molecule is CCOC(=O)CC(=O)Nc1cccc(Cn2nc(Nc3cccc(F)c3)ccc2=O)c1. The second kappa shape index (κ2) is 10.1. The summed E-state index contributed by atoms with van der Waals surface area (Å²) in [5.74, 6) is -1.11. The highest BCUT2D eigenvalue weighted by Crippen LogP contribution is 2.15. The van der Waals surface area contributed by atoms with Crippen LogP contribution in [0.4, 0.5) is 21.6 Å². The van der Waals surface area contributed by atoms with Gasteiger partial charge in [0.2, 0.25) is 5.91 Å². The molecule has 0 aliphatic rings. The first kappa shape index (κ1) is 21.7. The van der Waals surface area contributed by atoms with Gasteiger partial charge in [-0.1, -0.05) is 18.2 Å². The molecule has 1 aromatic heterocycles. The Balaban J connectivity index is 1.71. The van der Waals surface area contributed by atoms with Gasteiger partial charge < -0.3 is 15.4 Å². The lowest BCUT2D eigenvalue weighted by Gasteiger charge is -2.10.